The largest absolute Gasteiger partial charge is 0.480 e. The van der Waals surface area contributed by atoms with Crippen molar-refractivity contribution in [2.24, 2.45) is 0 Å². The molecule has 0 aliphatic rings. The Bertz CT molecular complexity index is 317. The molecule has 0 heterocycles. The van der Waals surface area contributed by atoms with E-state index < -0.39 is 30.1 Å². The average Bonchev–Trinajstić information content (AvgIpc) is 2.31. The Morgan fingerprint density at radius 1 is 1.11 bits per heavy atom. The van der Waals surface area contributed by atoms with E-state index in [1.807, 2.05) is 0 Å². The van der Waals surface area contributed by atoms with Crippen LogP contribution >= 0.6 is 0 Å². The van der Waals surface area contributed by atoms with E-state index >= 15 is 0 Å². The molecule has 0 atom stereocenters. The minimum absolute atomic E-state index is 0.284. The van der Waals surface area contributed by atoms with Gasteiger partial charge in [-0.3, -0.25) is 9.59 Å². The number of carbonyl (C=O) groups excluding carboxylic acids is 2. The number of aliphatic carboxylic acids is 1. The first-order chi connectivity index (χ1) is 8.26. The Morgan fingerprint density at radius 3 is 2.22 bits per heavy atom. The lowest BCUT2D eigenvalue weighted by molar-refractivity contribution is -0.137. The first-order valence-corrected chi connectivity index (χ1v) is 5.32. The van der Waals surface area contributed by atoms with Gasteiger partial charge in [0.05, 0.1) is 12.1 Å². The van der Waals surface area contributed by atoms with Gasteiger partial charge < -0.3 is 25.8 Å². The molecule has 0 bridgehead atoms. The number of amides is 3. The maximum absolute atomic E-state index is 11.3. The van der Waals surface area contributed by atoms with Crippen LogP contribution in [0.3, 0.4) is 0 Å². The molecule has 0 aromatic rings. The zero-order valence-electron chi connectivity index (χ0n) is 10.7. The highest BCUT2D eigenvalue weighted by Gasteiger charge is 2.17. The lowest BCUT2D eigenvalue weighted by atomic mass is 10.1. The predicted octanol–water partition coefficient (Wildman–Crippen LogP) is -1.09. The van der Waals surface area contributed by atoms with Gasteiger partial charge in [0, 0.05) is 13.7 Å². The number of hydrogen-bond acceptors (Lipinski definition) is 4. The number of nitrogens with one attached hydrogen (secondary N) is 3. The summed E-state index contributed by atoms with van der Waals surface area (Å²) in [6, 6.07) is -0.523. The Hall–Kier alpha value is -1.83. The van der Waals surface area contributed by atoms with Gasteiger partial charge in [-0.1, -0.05) is 0 Å². The minimum Gasteiger partial charge on any atom is -0.480 e. The Labute approximate surface area is 105 Å². The van der Waals surface area contributed by atoms with E-state index in [9.17, 15) is 14.4 Å². The maximum atomic E-state index is 11.3. The molecule has 0 spiro atoms. The summed E-state index contributed by atoms with van der Waals surface area (Å²) in [6.07, 6.45) is 0. The first kappa shape index (κ1) is 16.2. The number of urea groups is 1. The standard InChI is InChI=1S/C10H19N3O5/c1-10(2,18-3)6-13-9(17)12-4-7(14)11-5-8(15)16/h4-6H2,1-3H3,(H,11,14)(H,15,16)(H2,12,13,17). The number of ether oxygens (including phenoxy) is 1. The summed E-state index contributed by atoms with van der Waals surface area (Å²) in [4.78, 5) is 32.5. The lowest BCUT2D eigenvalue weighted by Crippen LogP contribution is -2.47. The molecule has 0 rings (SSSR count). The molecular weight excluding hydrogens is 242 g/mol. The van der Waals surface area contributed by atoms with E-state index in [1.165, 1.54) is 7.11 Å². The molecule has 0 saturated carbocycles. The van der Waals surface area contributed by atoms with Gasteiger partial charge >= 0.3 is 12.0 Å². The van der Waals surface area contributed by atoms with Crippen LogP contribution in [0.2, 0.25) is 0 Å². The van der Waals surface area contributed by atoms with Crippen LogP contribution in [0.1, 0.15) is 13.8 Å². The minimum atomic E-state index is -1.14. The van der Waals surface area contributed by atoms with Crippen molar-refractivity contribution in [2.45, 2.75) is 19.4 Å². The number of carbonyl (C=O) groups is 3. The monoisotopic (exact) mass is 261 g/mol. The first-order valence-electron chi connectivity index (χ1n) is 5.32. The fourth-order valence-corrected chi connectivity index (χ4v) is 0.825. The van der Waals surface area contributed by atoms with E-state index in [1.54, 1.807) is 13.8 Å². The van der Waals surface area contributed by atoms with Gasteiger partial charge in [0.2, 0.25) is 5.91 Å². The molecule has 0 fully saturated rings. The van der Waals surface area contributed by atoms with Crippen LogP contribution in [0.15, 0.2) is 0 Å². The van der Waals surface area contributed by atoms with Gasteiger partial charge in [-0.05, 0) is 13.8 Å². The van der Waals surface area contributed by atoms with Crippen molar-refractivity contribution in [2.75, 3.05) is 26.7 Å². The Morgan fingerprint density at radius 2 is 1.72 bits per heavy atom. The van der Waals surface area contributed by atoms with Crippen molar-refractivity contribution in [1.82, 2.24) is 16.0 Å². The number of hydrogen-bond donors (Lipinski definition) is 4. The second kappa shape index (κ2) is 7.49. The van der Waals surface area contributed by atoms with Crippen molar-refractivity contribution in [3.8, 4) is 0 Å². The van der Waals surface area contributed by atoms with Crippen LogP contribution in [0.4, 0.5) is 4.79 Å². The third kappa shape index (κ3) is 8.34. The molecule has 104 valence electrons. The molecule has 0 unspecified atom stereocenters. The average molecular weight is 261 g/mol. The number of carboxylic acids is 1. The van der Waals surface area contributed by atoms with Crippen LogP contribution < -0.4 is 16.0 Å². The summed E-state index contributed by atoms with van der Waals surface area (Å²) in [7, 11) is 1.53. The van der Waals surface area contributed by atoms with E-state index in [0.29, 0.717) is 0 Å². The second-order valence-electron chi connectivity index (χ2n) is 4.17. The molecule has 8 heteroatoms. The lowest BCUT2D eigenvalue weighted by Gasteiger charge is -2.23. The topological polar surface area (TPSA) is 117 Å². The fourth-order valence-electron chi connectivity index (χ4n) is 0.825. The number of carboxylic acid groups (broad SMARTS) is 1. The molecule has 4 N–H and O–H groups in total. The molecular formula is C10H19N3O5. The summed E-state index contributed by atoms with van der Waals surface area (Å²) in [5.41, 5.74) is -0.497. The second-order valence-corrected chi connectivity index (χ2v) is 4.17. The van der Waals surface area contributed by atoms with Gasteiger partial charge in [0.25, 0.3) is 0 Å². The third-order valence-corrected chi connectivity index (χ3v) is 2.07. The number of rotatable bonds is 7. The molecule has 18 heavy (non-hydrogen) atoms. The maximum Gasteiger partial charge on any atom is 0.322 e. The third-order valence-electron chi connectivity index (χ3n) is 2.07. The van der Waals surface area contributed by atoms with Gasteiger partial charge in [-0.2, -0.15) is 0 Å². The molecule has 0 aliphatic heterocycles. The summed E-state index contributed by atoms with van der Waals surface area (Å²) >= 11 is 0. The fraction of sp³-hybridized carbons (Fsp3) is 0.700. The SMILES string of the molecule is COC(C)(C)CNC(=O)NCC(=O)NCC(=O)O. The van der Waals surface area contributed by atoms with Crippen LogP contribution in [-0.4, -0.2) is 55.4 Å². The van der Waals surface area contributed by atoms with Crippen LogP contribution in [0.25, 0.3) is 0 Å². The normalized spacial score (nSPS) is 10.6. The Balaban J connectivity index is 3.77. The summed E-state index contributed by atoms with van der Waals surface area (Å²) in [6.45, 7) is 3.12. The molecule has 0 aromatic carbocycles. The van der Waals surface area contributed by atoms with Gasteiger partial charge in [0.1, 0.15) is 6.54 Å². The van der Waals surface area contributed by atoms with Crippen LogP contribution in [0, 0.1) is 0 Å². The van der Waals surface area contributed by atoms with E-state index in [0.717, 1.165) is 0 Å². The molecule has 0 aliphatic carbocycles. The summed E-state index contributed by atoms with van der Waals surface area (Å²) in [5, 5.41) is 15.2. The Kier molecular flexibility index (Phi) is 6.73. The van der Waals surface area contributed by atoms with Gasteiger partial charge in [-0.15, -0.1) is 0 Å². The highest BCUT2D eigenvalue weighted by Crippen LogP contribution is 2.04. The van der Waals surface area contributed by atoms with Gasteiger partial charge in [0.15, 0.2) is 0 Å². The highest BCUT2D eigenvalue weighted by molar-refractivity contribution is 5.86. The summed E-state index contributed by atoms with van der Waals surface area (Å²) < 4.78 is 5.09. The quantitative estimate of drug-likeness (QED) is 0.464. The van der Waals surface area contributed by atoms with Crippen molar-refractivity contribution in [3.63, 3.8) is 0 Å². The molecule has 8 nitrogen and oxygen atoms in total. The molecule has 0 saturated heterocycles. The highest BCUT2D eigenvalue weighted by atomic mass is 16.5. The molecule has 0 radical (unpaired) electrons. The zero-order valence-corrected chi connectivity index (χ0v) is 10.7. The summed E-state index contributed by atoms with van der Waals surface area (Å²) in [5.74, 6) is -1.71. The smallest absolute Gasteiger partial charge is 0.322 e. The van der Waals surface area contributed by atoms with Crippen molar-refractivity contribution < 1.29 is 24.2 Å². The zero-order chi connectivity index (χ0) is 14.2. The number of methoxy groups -OCH3 is 1. The van der Waals surface area contributed by atoms with E-state index in [2.05, 4.69) is 16.0 Å². The van der Waals surface area contributed by atoms with Crippen LogP contribution in [0.5, 0.6) is 0 Å². The predicted molar refractivity (Wildman–Crippen MR) is 63.1 cm³/mol. The van der Waals surface area contributed by atoms with E-state index in [4.69, 9.17) is 9.84 Å². The van der Waals surface area contributed by atoms with Crippen molar-refractivity contribution >= 4 is 17.9 Å². The van der Waals surface area contributed by atoms with Crippen molar-refractivity contribution in [1.29, 1.82) is 0 Å². The molecule has 3 amide bonds. The molecule has 0 aromatic heterocycles. The van der Waals surface area contributed by atoms with Gasteiger partial charge in [-0.25, -0.2) is 4.79 Å². The van der Waals surface area contributed by atoms with Crippen molar-refractivity contribution in [3.05, 3.63) is 0 Å². The van der Waals surface area contributed by atoms with E-state index in [-0.39, 0.29) is 13.1 Å². The van der Waals surface area contributed by atoms with Crippen LogP contribution in [-0.2, 0) is 14.3 Å².